The molecule has 1 fully saturated rings. The van der Waals surface area contributed by atoms with Crippen molar-refractivity contribution in [2.24, 2.45) is 5.92 Å². The highest BCUT2D eigenvalue weighted by Gasteiger charge is 2.15. The number of nitrogens with one attached hydrogen (secondary N) is 2. The van der Waals surface area contributed by atoms with Crippen LogP contribution in [0.2, 0.25) is 5.02 Å². The van der Waals surface area contributed by atoms with E-state index in [1.54, 1.807) is 0 Å². The van der Waals surface area contributed by atoms with E-state index in [-0.39, 0.29) is 0 Å². The molecule has 1 aliphatic rings. The van der Waals surface area contributed by atoms with Gasteiger partial charge in [0.05, 0.1) is 34.3 Å². The van der Waals surface area contributed by atoms with Gasteiger partial charge in [0.2, 0.25) is 0 Å². The van der Waals surface area contributed by atoms with E-state index >= 15 is 0 Å². The molecule has 2 aromatic heterocycles. The first-order chi connectivity index (χ1) is 14.7. The number of imidazole rings is 1. The minimum absolute atomic E-state index is 0.678. The molecule has 5 nitrogen and oxygen atoms in total. The number of halogens is 1. The van der Waals surface area contributed by atoms with E-state index in [4.69, 9.17) is 16.6 Å². The van der Waals surface area contributed by atoms with Gasteiger partial charge >= 0.3 is 0 Å². The van der Waals surface area contributed by atoms with Crippen LogP contribution in [-0.4, -0.2) is 20.9 Å². The summed E-state index contributed by atoms with van der Waals surface area (Å²) in [6.07, 6.45) is 10.5. The summed E-state index contributed by atoms with van der Waals surface area (Å²) in [4.78, 5) is 9.26. The van der Waals surface area contributed by atoms with E-state index in [0.717, 1.165) is 51.8 Å². The molecule has 2 N–H and O–H groups in total. The van der Waals surface area contributed by atoms with Gasteiger partial charge in [-0.3, -0.25) is 4.40 Å². The Balaban J connectivity index is 1.48. The number of nitrogens with zero attached hydrogens (tertiary/aromatic N) is 3. The third-order valence-electron chi connectivity index (χ3n) is 6.13. The maximum Gasteiger partial charge on any atom is 0.157 e. The number of para-hydroxylation sites is 1. The van der Waals surface area contributed by atoms with Crippen molar-refractivity contribution in [1.29, 1.82) is 0 Å². The fraction of sp³-hybridized carbons (Fsp3) is 0.333. The number of hydrogen-bond donors (Lipinski definition) is 2. The number of fused-ring (bicyclic) bond motifs is 3. The fourth-order valence-corrected chi connectivity index (χ4v) is 4.68. The highest BCUT2D eigenvalue weighted by atomic mass is 35.5. The van der Waals surface area contributed by atoms with Gasteiger partial charge in [-0.15, -0.1) is 0 Å². The molecule has 0 aliphatic heterocycles. The van der Waals surface area contributed by atoms with E-state index in [0.29, 0.717) is 5.02 Å². The van der Waals surface area contributed by atoms with Crippen molar-refractivity contribution >= 4 is 45.3 Å². The van der Waals surface area contributed by atoms with Gasteiger partial charge in [0, 0.05) is 12.2 Å². The second-order valence-electron chi connectivity index (χ2n) is 8.25. The maximum atomic E-state index is 6.42. The van der Waals surface area contributed by atoms with Crippen molar-refractivity contribution in [3.05, 3.63) is 59.5 Å². The summed E-state index contributed by atoms with van der Waals surface area (Å²) >= 11 is 6.42. The summed E-state index contributed by atoms with van der Waals surface area (Å²) in [5.41, 5.74) is 5.96. The number of benzene rings is 2. The second-order valence-corrected chi connectivity index (χ2v) is 8.66. The van der Waals surface area contributed by atoms with Crippen LogP contribution in [0.5, 0.6) is 0 Å². The highest BCUT2D eigenvalue weighted by molar-refractivity contribution is 6.33. The lowest BCUT2D eigenvalue weighted by Crippen LogP contribution is -2.17. The zero-order chi connectivity index (χ0) is 20.5. The predicted octanol–water partition coefficient (Wildman–Crippen LogP) is 6.58. The molecule has 0 atom stereocenters. The van der Waals surface area contributed by atoms with Crippen molar-refractivity contribution in [3.63, 3.8) is 0 Å². The van der Waals surface area contributed by atoms with Gasteiger partial charge in [-0.2, -0.15) is 0 Å². The number of rotatable bonds is 5. The number of aryl methyl sites for hydroxylation is 1. The molecule has 1 saturated carbocycles. The Morgan fingerprint density at radius 2 is 1.97 bits per heavy atom. The van der Waals surface area contributed by atoms with Gasteiger partial charge in [-0.05, 0) is 55.5 Å². The average Bonchev–Trinajstić information content (AvgIpc) is 3.26. The third kappa shape index (κ3) is 3.70. The standard InChI is InChI=1S/C24H26ClN5/c1-16-6-5-9-19(25)23(16)29-24-22-14-26-15-30(22)21-12-18(10-11-20(21)28-24)27-13-17-7-3-2-4-8-17/h5-6,9-12,14-15,17,27H,2-4,7-8,13H2,1H3,(H,28,29). The van der Waals surface area contributed by atoms with Crippen molar-refractivity contribution in [2.45, 2.75) is 39.0 Å². The molecule has 0 spiro atoms. The van der Waals surface area contributed by atoms with E-state index in [2.05, 4.69) is 38.2 Å². The van der Waals surface area contributed by atoms with Crippen LogP contribution in [0.1, 0.15) is 37.7 Å². The van der Waals surface area contributed by atoms with Crippen molar-refractivity contribution in [2.75, 3.05) is 17.2 Å². The molecule has 0 radical (unpaired) electrons. The minimum atomic E-state index is 0.678. The lowest BCUT2D eigenvalue weighted by atomic mass is 9.89. The van der Waals surface area contributed by atoms with Gasteiger partial charge in [0.25, 0.3) is 0 Å². The zero-order valence-corrected chi connectivity index (χ0v) is 17.9. The fourth-order valence-electron chi connectivity index (χ4n) is 4.41. The van der Waals surface area contributed by atoms with Crippen molar-refractivity contribution in [1.82, 2.24) is 14.4 Å². The molecular formula is C24H26ClN5. The summed E-state index contributed by atoms with van der Waals surface area (Å²) < 4.78 is 2.09. The topological polar surface area (TPSA) is 54.2 Å². The predicted molar refractivity (Wildman–Crippen MR) is 125 cm³/mol. The monoisotopic (exact) mass is 419 g/mol. The first-order valence-electron chi connectivity index (χ1n) is 10.7. The highest BCUT2D eigenvalue weighted by Crippen LogP contribution is 2.32. The Morgan fingerprint density at radius 1 is 1.10 bits per heavy atom. The van der Waals surface area contributed by atoms with Crippen molar-refractivity contribution < 1.29 is 0 Å². The smallest absolute Gasteiger partial charge is 0.157 e. The van der Waals surface area contributed by atoms with Gasteiger partial charge < -0.3 is 10.6 Å². The second kappa shape index (κ2) is 8.15. The molecule has 0 unspecified atom stereocenters. The number of hydrogen-bond acceptors (Lipinski definition) is 4. The summed E-state index contributed by atoms with van der Waals surface area (Å²) in [6, 6.07) is 12.2. The van der Waals surface area contributed by atoms with Crippen LogP contribution in [0.4, 0.5) is 17.2 Å². The summed E-state index contributed by atoms with van der Waals surface area (Å²) in [7, 11) is 0. The molecule has 0 bridgehead atoms. The van der Waals surface area contributed by atoms with E-state index in [9.17, 15) is 0 Å². The average molecular weight is 420 g/mol. The third-order valence-corrected chi connectivity index (χ3v) is 6.45. The zero-order valence-electron chi connectivity index (χ0n) is 17.2. The summed E-state index contributed by atoms with van der Waals surface area (Å²) in [5.74, 6) is 1.53. The quantitative estimate of drug-likeness (QED) is 0.383. The van der Waals surface area contributed by atoms with Crippen LogP contribution in [0.3, 0.4) is 0 Å². The lowest BCUT2D eigenvalue weighted by Gasteiger charge is -2.22. The molecule has 6 heteroatoms. The number of anilines is 3. The van der Waals surface area contributed by atoms with E-state index < -0.39 is 0 Å². The molecule has 0 amide bonds. The molecule has 2 heterocycles. The van der Waals surface area contributed by atoms with Crippen LogP contribution in [0.25, 0.3) is 16.6 Å². The van der Waals surface area contributed by atoms with Crippen LogP contribution in [-0.2, 0) is 0 Å². The molecule has 4 aromatic rings. The molecule has 1 aliphatic carbocycles. The molecule has 154 valence electrons. The summed E-state index contributed by atoms with van der Waals surface area (Å²) in [6.45, 7) is 3.07. The van der Waals surface area contributed by atoms with Crippen LogP contribution in [0, 0.1) is 12.8 Å². The maximum absolute atomic E-state index is 6.42. The van der Waals surface area contributed by atoms with Gasteiger partial charge in [0.1, 0.15) is 5.52 Å². The molecule has 30 heavy (non-hydrogen) atoms. The first kappa shape index (κ1) is 19.2. The molecule has 0 saturated heterocycles. The lowest BCUT2D eigenvalue weighted by molar-refractivity contribution is 0.373. The Bertz CT molecular complexity index is 1170. The molecule has 2 aromatic carbocycles. The largest absolute Gasteiger partial charge is 0.385 e. The van der Waals surface area contributed by atoms with Crippen molar-refractivity contribution in [3.8, 4) is 0 Å². The molecular weight excluding hydrogens is 394 g/mol. The van der Waals surface area contributed by atoms with Gasteiger partial charge in [-0.1, -0.05) is 43.0 Å². The molecule has 5 rings (SSSR count). The van der Waals surface area contributed by atoms with Gasteiger partial charge in [-0.25, -0.2) is 9.97 Å². The Kier molecular flexibility index (Phi) is 5.21. The SMILES string of the molecule is Cc1cccc(Cl)c1Nc1nc2ccc(NCC3CCCCC3)cc2n2cncc12. The Hall–Kier alpha value is -2.79. The Morgan fingerprint density at radius 3 is 2.80 bits per heavy atom. The van der Waals surface area contributed by atoms with Gasteiger partial charge in [0.15, 0.2) is 5.82 Å². The van der Waals surface area contributed by atoms with E-state index in [1.807, 2.05) is 37.6 Å². The van der Waals surface area contributed by atoms with E-state index in [1.165, 1.54) is 32.1 Å². The first-order valence-corrected chi connectivity index (χ1v) is 11.1. The van der Waals surface area contributed by atoms with Crippen LogP contribution in [0.15, 0.2) is 48.9 Å². The van der Waals surface area contributed by atoms with Crippen LogP contribution >= 0.6 is 11.6 Å². The number of aromatic nitrogens is 3. The Labute approximate surface area is 181 Å². The van der Waals surface area contributed by atoms with Crippen LogP contribution < -0.4 is 10.6 Å². The summed E-state index contributed by atoms with van der Waals surface area (Å²) in [5, 5.41) is 7.74. The minimum Gasteiger partial charge on any atom is -0.385 e. The normalized spacial score (nSPS) is 15.0.